The predicted molar refractivity (Wildman–Crippen MR) is 118 cm³/mol. The molecule has 0 fully saturated rings. The molecule has 0 saturated heterocycles. The van der Waals surface area contributed by atoms with Crippen LogP contribution in [0.25, 0.3) is 43.3 Å². The number of rotatable bonds is 3. The Balaban J connectivity index is 1.74. The van der Waals surface area contributed by atoms with Gasteiger partial charge in [-0.1, -0.05) is 78.9 Å². The van der Waals surface area contributed by atoms with Crippen molar-refractivity contribution in [3.05, 3.63) is 89.4 Å². The standard InChI is InChI=1S/C23H15BrN2S/c24-19-17-13-7-8-14-18(17)27-22(19)23-25-20(15-9-3-1-4-10-15)21(26-23)16-11-5-2-6-12-16/h1-14H,(H,25,26). The van der Waals surface area contributed by atoms with Crippen molar-refractivity contribution in [1.29, 1.82) is 0 Å². The van der Waals surface area contributed by atoms with E-state index in [1.54, 1.807) is 11.3 Å². The first-order valence-corrected chi connectivity index (χ1v) is 10.3. The van der Waals surface area contributed by atoms with E-state index >= 15 is 0 Å². The molecule has 130 valence electrons. The number of hydrogen-bond acceptors (Lipinski definition) is 2. The van der Waals surface area contributed by atoms with Gasteiger partial charge in [0.05, 0.1) is 16.3 Å². The summed E-state index contributed by atoms with van der Waals surface area (Å²) in [5, 5.41) is 1.22. The van der Waals surface area contributed by atoms with Crippen molar-refractivity contribution in [2.75, 3.05) is 0 Å². The molecule has 2 heterocycles. The summed E-state index contributed by atoms with van der Waals surface area (Å²) in [5.74, 6) is 0.890. The molecule has 0 radical (unpaired) electrons. The van der Waals surface area contributed by atoms with Gasteiger partial charge in [0.15, 0.2) is 0 Å². The van der Waals surface area contributed by atoms with Crippen LogP contribution < -0.4 is 0 Å². The van der Waals surface area contributed by atoms with Crippen molar-refractivity contribution < 1.29 is 0 Å². The molecule has 0 unspecified atom stereocenters. The van der Waals surface area contributed by atoms with E-state index in [-0.39, 0.29) is 0 Å². The first kappa shape index (κ1) is 16.5. The minimum atomic E-state index is 0.890. The van der Waals surface area contributed by atoms with Crippen molar-refractivity contribution in [2.24, 2.45) is 0 Å². The van der Waals surface area contributed by atoms with E-state index in [2.05, 4.69) is 81.6 Å². The van der Waals surface area contributed by atoms with Gasteiger partial charge in [-0.05, 0) is 22.0 Å². The van der Waals surface area contributed by atoms with Crippen molar-refractivity contribution >= 4 is 37.4 Å². The number of fused-ring (bicyclic) bond motifs is 1. The van der Waals surface area contributed by atoms with Crippen LogP contribution in [0.4, 0.5) is 0 Å². The van der Waals surface area contributed by atoms with Gasteiger partial charge in [0, 0.05) is 25.7 Å². The monoisotopic (exact) mass is 430 g/mol. The number of benzene rings is 3. The van der Waals surface area contributed by atoms with Crippen LogP contribution in [-0.2, 0) is 0 Å². The summed E-state index contributed by atoms with van der Waals surface area (Å²) in [6.07, 6.45) is 0. The molecule has 0 aliphatic carbocycles. The Hall–Kier alpha value is -2.69. The highest BCUT2D eigenvalue weighted by Crippen LogP contribution is 2.43. The maximum absolute atomic E-state index is 5.01. The van der Waals surface area contributed by atoms with Gasteiger partial charge in [0.2, 0.25) is 0 Å². The van der Waals surface area contributed by atoms with Gasteiger partial charge >= 0.3 is 0 Å². The van der Waals surface area contributed by atoms with Crippen LogP contribution in [0.2, 0.25) is 0 Å². The zero-order valence-corrected chi connectivity index (χ0v) is 16.7. The van der Waals surface area contributed by atoms with E-state index in [9.17, 15) is 0 Å². The highest BCUT2D eigenvalue weighted by Gasteiger charge is 2.19. The first-order chi connectivity index (χ1) is 13.3. The Morgan fingerprint density at radius 3 is 2.07 bits per heavy atom. The number of hydrogen-bond donors (Lipinski definition) is 1. The molecule has 0 aliphatic heterocycles. The molecular weight excluding hydrogens is 416 g/mol. The fraction of sp³-hybridized carbons (Fsp3) is 0. The second-order valence-electron chi connectivity index (χ2n) is 6.28. The van der Waals surface area contributed by atoms with E-state index < -0.39 is 0 Å². The maximum atomic E-state index is 5.01. The molecule has 2 aromatic heterocycles. The average Bonchev–Trinajstić information content (AvgIpc) is 3.31. The SMILES string of the molecule is Brc1c(-c2nc(-c3ccccc3)c(-c3ccccc3)[nH]2)sc2ccccc12. The third-order valence-electron chi connectivity index (χ3n) is 4.56. The number of H-pyrrole nitrogens is 1. The van der Waals surface area contributed by atoms with Crippen molar-refractivity contribution in [3.8, 4) is 33.2 Å². The van der Waals surface area contributed by atoms with Gasteiger partial charge in [-0.25, -0.2) is 4.98 Å². The number of imidazole rings is 1. The lowest BCUT2D eigenvalue weighted by Crippen LogP contribution is -1.82. The average molecular weight is 431 g/mol. The van der Waals surface area contributed by atoms with Crippen LogP contribution in [0.15, 0.2) is 89.4 Å². The number of thiophene rings is 1. The second kappa shape index (κ2) is 6.80. The Morgan fingerprint density at radius 2 is 1.37 bits per heavy atom. The normalized spacial score (nSPS) is 11.1. The maximum Gasteiger partial charge on any atom is 0.149 e. The van der Waals surface area contributed by atoms with Gasteiger partial charge in [0.1, 0.15) is 5.82 Å². The molecule has 0 atom stereocenters. The Morgan fingerprint density at radius 1 is 0.741 bits per heavy atom. The molecule has 27 heavy (non-hydrogen) atoms. The van der Waals surface area contributed by atoms with Crippen LogP contribution in [0.1, 0.15) is 0 Å². The summed E-state index contributed by atoms with van der Waals surface area (Å²) in [4.78, 5) is 9.71. The van der Waals surface area contributed by atoms with Gasteiger partial charge < -0.3 is 4.98 Å². The molecule has 1 N–H and O–H groups in total. The Labute approximate surface area is 169 Å². The van der Waals surface area contributed by atoms with E-state index in [1.165, 1.54) is 10.1 Å². The minimum absolute atomic E-state index is 0.890. The fourth-order valence-corrected chi connectivity index (χ4v) is 5.21. The lowest BCUT2D eigenvalue weighted by atomic mass is 10.1. The summed E-state index contributed by atoms with van der Waals surface area (Å²) < 4.78 is 2.34. The molecule has 0 bridgehead atoms. The van der Waals surface area contributed by atoms with Crippen molar-refractivity contribution in [1.82, 2.24) is 9.97 Å². The van der Waals surface area contributed by atoms with Crippen LogP contribution in [0.3, 0.4) is 0 Å². The lowest BCUT2D eigenvalue weighted by molar-refractivity contribution is 1.33. The molecular formula is C23H15BrN2S. The Bertz CT molecular complexity index is 1170. The van der Waals surface area contributed by atoms with E-state index in [0.717, 1.165) is 37.7 Å². The van der Waals surface area contributed by atoms with Gasteiger partial charge in [0.25, 0.3) is 0 Å². The molecule has 5 aromatic rings. The fourth-order valence-electron chi connectivity index (χ4n) is 3.27. The van der Waals surface area contributed by atoms with Crippen LogP contribution in [0, 0.1) is 0 Å². The second-order valence-corrected chi connectivity index (χ2v) is 8.13. The number of halogens is 1. The van der Waals surface area contributed by atoms with Gasteiger partial charge in [-0.3, -0.25) is 0 Å². The summed E-state index contributed by atoms with van der Waals surface area (Å²) in [5.41, 5.74) is 4.26. The quantitative estimate of drug-likeness (QED) is 0.317. The molecule has 0 saturated carbocycles. The summed E-state index contributed by atoms with van der Waals surface area (Å²) in [6.45, 7) is 0. The molecule has 3 aromatic carbocycles. The van der Waals surface area contributed by atoms with E-state index in [0.29, 0.717) is 0 Å². The highest BCUT2D eigenvalue weighted by atomic mass is 79.9. The summed E-state index contributed by atoms with van der Waals surface area (Å²) in [6, 6.07) is 29.1. The largest absolute Gasteiger partial charge is 0.337 e. The van der Waals surface area contributed by atoms with Crippen LogP contribution >= 0.6 is 27.3 Å². The molecule has 0 spiro atoms. The summed E-state index contributed by atoms with van der Waals surface area (Å²) >= 11 is 5.53. The van der Waals surface area contributed by atoms with Gasteiger partial charge in [-0.2, -0.15) is 0 Å². The third-order valence-corrected chi connectivity index (χ3v) is 6.83. The smallest absolute Gasteiger partial charge is 0.149 e. The Kier molecular flexibility index (Phi) is 4.15. The number of aromatic nitrogens is 2. The molecule has 5 rings (SSSR count). The number of nitrogens with zero attached hydrogens (tertiary/aromatic N) is 1. The van der Waals surface area contributed by atoms with E-state index in [1.807, 2.05) is 24.3 Å². The third kappa shape index (κ3) is 2.91. The molecule has 4 heteroatoms. The van der Waals surface area contributed by atoms with Crippen molar-refractivity contribution in [3.63, 3.8) is 0 Å². The van der Waals surface area contributed by atoms with Gasteiger partial charge in [-0.15, -0.1) is 11.3 Å². The van der Waals surface area contributed by atoms with E-state index in [4.69, 9.17) is 4.98 Å². The molecule has 2 nitrogen and oxygen atoms in total. The zero-order chi connectivity index (χ0) is 18.2. The number of aromatic amines is 1. The molecule has 0 amide bonds. The van der Waals surface area contributed by atoms with Crippen molar-refractivity contribution in [2.45, 2.75) is 0 Å². The lowest BCUT2D eigenvalue weighted by Gasteiger charge is -2.02. The minimum Gasteiger partial charge on any atom is -0.337 e. The first-order valence-electron chi connectivity index (χ1n) is 8.69. The predicted octanol–water partition coefficient (Wildman–Crippen LogP) is 7.39. The zero-order valence-electron chi connectivity index (χ0n) is 14.3. The highest BCUT2D eigenvalue weighted by molar-refractivity contribution is 9.10. The van der Waals surface area contributed by atoms with Crippen LogP contribution in [-0.4, -0.2) is 9.97 Å². The topological polar surface area (TPSA) is 28.7 Å². The number of nitrogens with one attached hydrogen (secondary N) is 1. The van der Waals surface area contributed by atoms with Crippen LogP contribution in [0.5, 0.6) is 0 Å². The molecule has 0 aliphatic rings. The summed E-state index contributed by atoms with van der Waals surface area (Å²) in [7, 11) is 0.